The third-order valence-electron chi connectivity index (χ3n) is 4.79. The number of benzene rings is 1. The highest BCUT2D eigenvalue weighted by atomic mass is 19.1. The number of rotatable bonds is 8. The zero-order valence-electron chi connectivity index (χ0n) is 16.9. The lowest BCUT2D eigenvalue weighted by Gasteiger charge is -2.34. The van der Waals surface area contributed by atoms with Crippen molar-refractivity contribution in [3.8, 4) is 5.75 Å². The molecule has 1 saturated carbocycles. The van der Waals surface area contributed by atoms with Crippen molar-refractivity contribution in [1.29, 1.82) is 0 Å². The summed E-state index contributed by atoms with van der Waals surface area (Å²) in [5, 5.41) is 0. The van der Waals surface area contributed by atoms with Gasteiger partial charge in [-0.15, -0.1) is 0 Å². The van der Waals surface area contributed by atoms with Crippen molar-refractivity contribution >= 4 is 5.97 Å². The van der Waals surface area contributed by atoms with Crippen molar-refractivity contribution in [3.05, 3.63) is 29.6 Å². The minimum Gasteiger partial charge on any atom is -0.490 e. The van der Waals surface area contributed by atoms with Crippen molar-refractivity contribution in [3.63, 3.8) is 0 Å². The van der Waals surface area contributed by atoms with Gasteiger partial charge in [0.15, 0.2) is 11.6 Å². The molecule has 1 saturated heterocycles. The highest BCUT2D eigenvalue weighted by Gasteiger charge is 2.30. The van der Waals surface area contributed by atoms with Crippen molar-refractivity contribution in [2.75, 3.05) is 45.9 Å². The van der Waals surface area contributed by atoms with E-state index < -0.39 is 11.8 Å². The summed E-state index contributed by atoms with van der Waals surface area (Å²) in [7, 11) is 0. The second-order valence-electron chi connectivity index (χ2n) is 6.68. The van der Waals surface area contributed by atoms with Crippen LogP contribution in [0, 0.1) is 5.82 Å². The van der Waals surface area contributed by atoms with E-state index in [1.807, 2.05) is 13.8 Å². The number of hydrogen-bond donors (Lipinski definition) is 0. The van der Waals surface area contributed by atoms with Crippen molar-refractivity contribution in [2.24, 2.45) is 0 Å². The predicted octanol–water partition coefficient (Wildman–Crippen LogP) is 3.58. The molecule has 0 spiro atoms. The van der Waals surface area contributed by atoms with Gasteiger partial charge in [-0.3, -0.25) is 4.90 Å². The molecule has 1 aliphatic heterocycles. The zero-order chi connectivity index (χ0) is 19.6. The molecule has 0 bridgehead atoms. The third kappa shape index (κ3) is 6.78. The zero-order valence-corrected chi connectivity index (χ0v) is 16.9. The van der Waals surface area contributed by atoms with Gasteiger partial charge in [0, 0.05) is 38.8 Å². The number of piperazine rings is 1. The molecule has 1 heterocycles. The fourth-order valence-corrected chi connectivity index (χ4v) is 3.22. The maximum atomic E-state index is 14.0. The van der Waals surface area contributed by atoms with Crippen LogP contribution in [-0.4, -0.2) is 67.7 Å². The van der Waals surface area contributed by atoms with E-state index in [1.54, 1.807) is 6.92 Å². The Morgan fingerprint density at radius 2 is 1.89 bits per heavy atom. The normalized spacial score (nSPS) is 17.8. The first kappa shape index (κ1) is 21.6. The lowest BCUT2D eigenvalue weighted by atomic mass is 10.2. The van der Waals surface area contributed by atoms with Gasteiger partial charge in [-0.2, -0.15) is 0 Å². The van der Waals surface area contributed by atoms with E-state index >= 15 is 0 Å². The van der Waals surface area contributed by atoms with Gasteiger partial charge in [0.05, 0.1) is 18.8 Å². The minimum absolute atomic E-state index is 0.187. The molecule has 0 aromatic heterocycles. The largest absolute Gasteiger partial charge is 0.490 e. The van der Waals surface area contributed by atoms with Crippen LogP contribution in [0.4, 0.5) is 4.39 Å². The van der Waals surface area contributed by atoms with Gasteiger partial charge in [-0.05, 0) is 44.4 Å². The van der Waals surface area contributed by atoms with Crippen LogP contribution in [0.2, 0.25) is 0 Å². The van der Waals surface area contributed by atoms with E-state index in [1.165, 1.54) is 31.0 Å². The van der Waals surface area contributed by atoms with Crippen LogP contribution in [0.1, 0.15) is 50.4 Å². The van der Waals surface area contributed by atoms with Gasteiger partial charge in [0.1, 0.15) is 0 Å². The molecule has 0 atom stereocenters. The molecule has 1 aliphatic carbocycles. The molecule has 2 fully saturated rings. The Morgan fingerprint density at radius 3 is 2.48 bits per heavy atom. The van der Waals surface area contributed by atoms with Gasteiger partial charge in [0.25, 0.3) is 0 Å². The number of carbonyl (C=O) groups is 1. The molecule has 1 aromatic carbocycles. The first-order valence-corrected chi connectivity index (χ1v) is 10.2. The van der Waals surface area contributed by atoms with E-state index in [0.29, 0.717) is 6.61 Å². The monoisotopic (exact) mass is 380 g/mol. The Bertz CT molecular complexity index is 585. The molecular formula is C21H33FN2O3. The average Bonchev–Trinajstić information content (AvgIpc) is 3.54. The molecule has 6 heteroatoms. The molecule has 1 aromatic rings. The van der Waals surface area contributed by atoms with Crippen LogP contribution in [0.5, 0.6) is 5.75 Å². The lowest BCUT2D eigenvalue weighted by molar-refractivity contribution is 0.0525. The second kappa shape index (κ2) is 11.2. The topological polar surface area (TPSA) is 42.0 Å². The van der Waals surface area contributed by atoms with Crippen LogP contribution in [-0.2, 0) is 4.74 Å². The van der Waals surface area contributed by atoms with Crippen LogP contribution in [0.15, 0.2) is 18.2 Å². The van der Waals surface area contributed by atoms with E-state index in [4.69, 9.17) is 9.47 Å². The molecule has 2 aliphatic rings. The van der Waals surface area contributed by atoms with E-state index in [-0.39, 0.29) is 17.9 Å². The average molecular weight is 381 g/mol. The maximum absolute atomic E-state index is 14.0. The van der Waals surface area contributed by atoms with Crippen molar-refractivity contribution in [2.45, 2.75) is 46.1 Å². The fraction of sp³-hybridized carbons (Fsp3) is 0.667. The van der Waals surface area contributed by atoms with Gasteiger partial charge in [0.2, 0.25) is 0 Å². The Balaban J connectivity index is 0.00000126. The summed E-state index contributed by atoms with van der Waals surface area (Å²) in [5.41, 5.74) is 0.209. The molecule has 0 amide bonds. The SMILES string of the molecule is CC.CCOC(=O)c1ccc(OCCCN2CCN(C3CC3)CC2)c(F)c1. The Labute approximate surface area is 162 Å². The first-order valence-electron chi connectivity index (χ1n) is 10.2. The summed E-state index contributed by atoms with van der Waals surface area (Å²) >= 11 is 0. The number of halogens is 1. The van der Waals surface area contributed by atoms with Crippen LogP contribution < -0.4 is 4.74 Å². The van der Waals surface area contributed by atoms with Crippen LogP contribution >= 0.6 is 0 Å². The van der Waals surface area contributed by atoms with Crippen molar-refractivity contribution < 1.29 is 18.7 Å². The molecule has 0 N–H and O–H groups in total. The van der Waals surface area contributed by atoms with E-state index in [9.17, 15) is 9.18 Å². The molecule has 152 valence electrons. The Kier molecular flexibility index (Phi) is 9.01. The van der Waals surface area contributed by atoms with Gasteiger partial charge in [-0.25, -0.2) is 9.18 Å². The van der Waals surface area contributed by atoms with Crippen LogP contribution in [0.3, 0.4) is 0 Å². The van der Waals surface area contributed by atoms with Crippen molar-refractivity contribution in [1.82, 2.24) is 9.80 Å². The summed E-state index contributed by atoms with van der Waals surface area (Å²) in [6.45, 7) is 12.0. The number of carbonyl (C=O) groups excluding carboxylic acids is 1. The molecule has 0 unspecified atom stereocenters. The highest BCUT2D eigenvalue weighted by Crippen LogP contribution is 2.27. The third-order valence-corrected chi connectivity index (χ3v) is 4.79. The summed E-state index contributed by atoms with van der Waals surface area (Å²) < 4.78 is 24.4. The van der Waals surface area contributed by atoms with Crippen LogP contribution in [0.25, 0.3) is 0 Å². The van der Waals surface area contributed by atoms with Gasteiger partial charge < -0.3 is 14.4 Å². The summed E-state index contributed by atoms with van der Waals surface area (Å²) in [6, 6.07) is 5.06. The number of hydrogen-bond acceptors (Lipinski definition) is 5. The minimum atomic E-state index is -0.524. The number of esters is 1. The number of nitrogens with zero attached hydrogens (tertiary/aromatic N) is 2. The molecular weight excluding hydrogens is 347 g/mol. The first-order chi connectivity index (χ1) is 13.2. The molecule has 27 heavy (non-hydrogen) atoms. The highest BCUT2D eigenvalue weighted by molar-refractivity contribution is 5.89. The summed E-state index contributed by atoms with van der Waals surface area (Å²) in [5.74, 6) is -0.853. The van der Waals surface area contributed by atoms with Gasteiger partial charge in [-0.1, -0.05) is 13.8 Å². The second-order valence-corrected chi connectivity index (χ2v) is 6.68. The van der Waals surface area contributed by atoms with Gasteiger partial charge >= 0.3 is 5.97 Å². The van der Waals surface area contributed by atoms with E-state index in [2.05, 4.69) is 9.80 Å². The van der Waals surface area contributed by atoms with E-state index in [0.717, 1.165) is 45.2 Å². The summed E-state index contributed by atoms with van der Waals surface area (Å²) in [4.78, 5) is 16.6. The quantitative estimate of drug-likeness (QED) is 0.509. The Hall–Kier alpha value is -1.66. The molecule has 3 rings (SSSR count). The molecule has 5 nitrogen and oxygen atoms in total. The Morgan fingerprint density at radius 1 is 1.19 bits per heavy atom. The summed E-state index contributed by atoms with van der Waals surface area (Å²) in [6.07, 6.45) is 3.60. The molecule has 0 radical (unpaired) electrons. The maximum Gasteiger partial charge on any atom is 0.338 e. The standard InChI is InChI=1S/C19H27FN2O3.C2H6/c1-2-24-19(23)15-4-7-18(17(20)14-15)25-13-3-8-21-9-11-22(12-10-21)16-5-6-16;1-2/h4,7,14,16H,2-3,5-6,8-13H2,1H3;1-2H3. The fourth-order valence-electron chi connectivity index (χ4n) is 3.22. The smallest absolute Gasteiger partial charge is 0.338 e. The number of ether oxygens (including phenoxy) is 2. The lowest BCUT2D eigenvalue weighted by Crippen LogP contribution is -2.47. The predicted molar refractivity (Wildman–Crippen MR) is 105 cm³/mol.